The van der Waals surface area contributed by atoms with Crippen LogP contribution < -0.4 is 10.9 Å². The Kier molecular flexibility index (Phi) is 5.78. The van der Waals surface area contributed by atoms with E-state index in [0.717, 1.165) is 10.6 Å². The highest BCUT2D eigenvalue weighted by Crippen LogP contribution is 2.28. The summed E-state index contributed by atoms with van der Waals surface area (Å²) in [6, 6.07) is 5.28. The smallest absolute Gasteiger partial charge is 0.257 e. The molecule has 0 aliphatic rings. The van der Waals surface area contributed by atoms with E-state index in [-0.39, 0.29) is 30.5 Å². The summed E-state index contributed by atoms with van der Waals surface area (Å²) in [5.41, 5.74) is 2.42. The van der Waals surface area contributed by atoms with Crippen molar-refractivity contribution in [1.82, 2.24) is 20.3 Å². The average Bonchev–Trinajstić information content (AvgIpc) is 3.16. The van der Waals surface area contributed by atoms with Crippen molar-refractivity contribution in [2.75, 3.05) is 13.2 Å². The maximum absolute atomic E-state index is 12.6. The molecule has 3 aromatic rings. The molecule has 3 aromatic heterocycles. The van der Waals surface area contributed by atoms with E-state index in [2.05, 4.69) is 20.3 Å². The largest absolute Gasteiger partial charge is 0.395 e. The van der Waals surface area contributed by atoms with Gasteiger partial charge in [0.25, 0.3) is 11.5 Å². The van der Waals surface area contributed by atoms with Crippen LogP contribution in [0.2, 0.25) is 0 Å². The summed E-state index contributed by atoms with van der Waals surface area (Å²) in [6.07, 6.45) is 3.37. The van der Waals surface area contributed by atoms with Crippen LogP contribution in [0, 0.1) is 0 Å². The van der Waals surface area contributed by atoms with Gasteiger partial charge >= 0.3 is 0 Å². The van der Waals surface area contributed by atoms with Crippen LogP contribution in [-0.2, 0) is 0 Å². The molecule has 0 aliphatic carbocycles. The summed E-state index contributed by atoms with van der Waals surface area (Å²) >= 11 is 1.42. The number of thiazole rings is 1. The van der Waals surface area contributed by atoms with E-state index in [1.165, 1.54) is 11.3 Å². The number of nitrogens with zero attached hydrogens (tertiary/aromatic N) is 2. The molecule has 140 valence electrons. The Morgan fingerprint density at radius 3 is 2.74 bits per heavy atom. The molecule has 0 bridgehead atoms. The number of aromatic amines is 1. The lowest BCUT2D eigenvalue weighted by Crippen LogP contribution is -2.29. The van der Waals surface area contributed by atoms with Crippen molar-refractivity contribution in [3.63, 3.8) is 0 Å². The number of hydrogen-bond acceptors (Lipinski definition) is 6. The molecule has 0 aliphatic heterocycles. The van der Waals surface area contributed by atoms with Crippen molar-refractivity contribution in [2.24, 2.45) is 0 Å². The molecule has 0 atom stereocenters. The second kappa shape index (κ2) is 8.24. The van der Waals surface area contributed by atoms with Gasteiger partial charge in [0.05, 0.1) is 23.4 Å². The summed E-state index contributed by atoms with van der Waals surface area (Å²) < 4.78 is 0. The minimum absolute atomic E-state index is 0.0376. The molecule has 8 heteroatoms. The van der Waals surface area contributed by atoms with Crippen LogP contribution in [0.3, 0.4) is 0 Å². The quantitative estimate of drug-likeness (QED) is 0.605. The number of pyridine rings is 2. The number of carbonyl (C=O) groups excluding carboxylic acids is 1. The molecule has 0 unspecified atom stereocenters. The first-order chi connectivity index (χ1) is 13.0. The van der Waals surface area contributed by atoms with Crippen LogP contribution in [0.1, 0.15) is 35.8 Å². The number of aromatic nitrogens is 3. The third-order valence-corrected chi connectivity index (χ3v) is 4.89. The van der Waals surface area contributed by atoms with E-state index >= 15 is 0 Å². The highest BCUT2D eigenvalue weighted by molar-refractivity contribution is 7.13. The molecule has 0 saturated carbocycles. The second-order valence-electron chi connectivity index (χ2n) is 6.25. The van der Waals surface area contributed by atoms with Gasteiger partial charge in [0.2, 0.25) is 0 Å². The Morgan fingerprint density at radius 2 is 2.07 bits per heavy atom. The molecule has 0 fully saturated rings. The van der Waals surface area contributed by atoms with Crippen molar-refractivity contribution in [3.8, 4) is 21.8 Å². The van der Waals surface area contributed by atoms with Crippen molar-refractivity contribution >= 4 is 17.2 Å². The SMILES string of the molecule is CC(C)c1[nH]c(=O)c(-c2csc(-c3ccncc3)n2)cc1C(=O)NCCO. The molecular formula is C19H20N4O3S. The molecule has 0 radical (unpaired) electrons. The Morgan fingerprint density at radius 1 is 1.33 bits per heavy atom. The first-order valence-corrected chi connectivity index (χ1v) is 9.41. The van der Waals surface area contributed by atoms with E-state index in [1.807, 2.05) is 26.0 Å². The van der Waals surface area contributed by atoms with E-state index in [4.69, 9.17) is 5.11 Å². The minimum Gasteiger partial charge on any atom is -0.395 e. The number of aliphatic hydroxyl groups is 1. The van der Waals surface area contributed by atoms with E-state index in [9.17, 15) is 9.59 Å². The van der Waals surface area contributed by atoms with Gasteiger partial charge in [-0.3, -0.25) is 14.6 Å². The van der Waals surface area contributed by atoms with Gasteiger partial charge in [0, 0.05) is 35.6 Å². The lowest BCUT2D eigenvalue weighted by atomic mass is 10.0. The topological polar surface area (TPSA) is 108 Å². The number of carbonyl (C=O) groups is 1. The van der Waals surface area contributed by atoms with Gasteiger partial charge in [-0.1, -0.05) is 13.8 Å². The average molecular weight is 384 g/mol. The molecule has 0 aromatic carbocycles. The predicted octanol–water partition coefficient (Wildman–Crippen LogP) is 2.41. The molecule has 27 heavy (non-hydrogen) atoms. The zero-order valence-corrected chi connectivity index (χ0v) is 15.8. The molecule has 3 heterocycles. The zero-order chi connectivity index (χ0) is 19.4. The molecule has 3 N–H and O–H groups in total. The number of H-pyrrole nitrogens is 1. The Balaban J connectivity index is 2.04. The molecule has 0 spiro atoms. The van der Waals surface area contributed by atoms with Gasteiger partial charge in [0.1, 0.15) is 5.01 Å². The van der Waals surface area contributed by atoms with E-state index in [0.29, 0.717) is 22.5 Å². The number of hydrogen-bond donors (Lipinski definition) is 3. The fourth-order valence-electron chi connectivity index (χ4n) is 2.67. The Bertz CT molecular complexity index is 996. The van der Waals surface area contributed by atoms with Gasteiger partial charge in [-0.2, -0.15) is 0 Å². The lowest BCUT2D eigenvalue weighted by molar-refractivity contribution is 0.0943. The predicted molar refractivity (Wildman–Crippen MR) is 105 cm³/mol. The van der Waals surface area contributed by atoms with Gasteiger partial charge < -0.3 is 15.4 Å². The highest BCUT2D eigenvalue weighted by atomic mass is 32.1. The maximum Gasteiger partial charge on any atom is 0.257 e. The first kappa shape index (κ1) is 18.9. The van der Waals surface area contributed by atoms with Crippen LogP contribution in [0.25, 0.3) is 21.8 Å². The summed E-state index contributed by atoms with van der Waals surface area (Å²) in [6.45, 7) is 3.80. The first-order valence-electron chi connectivity index (χ1n) is 8.53. The molecule has 3 rings (SSSR count). The van der Waals surface area contributed by atoms with Crippen LogP contribution in [0.15, 0.2) is 40.8 Å². The van der Waals surface area contributed by atoms with Crippen LogP contribution in [0.4, 0.5) is 0 Å². The fourth-order valence-corrected chi connectivity index (χ4v) is 3.49. The van der Waals surface area contributed by atoms with Crippen LogP contribution in [-0.4, -0.2) is 39.1 Å². The fraction of sp³-hybridized carbons (Fsp3) is 0.263. The highest BCUT2D eigenvalue weighted by Gasteiger charge is 2.19. The summed E-state index contributed by atoms with van der Waals surface area (Å²) in [7, 11) is 0. The lowest BCUT2D eigenvalue weighted by Gasteiger charge is -2.13. The van der Waals surface area contributed by atoms with Gasteiger partial charge in [0.15, 0.2) is 0 Å². The maximum atomic E-state index is 12.6. The van der Waals surface area contributed by atoms with E-state index < -0.39 is 0 Å². The normalized spacial score (nSPS) is 11.0. The molecule has 0 saturated heterocycles. The van der Waals surface area contributed by atoms with Crippen LogP contribution >= 0.6 is 11.3 Å². The third-order valence-electron chi connectivity index (χ3n) is 4.00. The summed E-state index contributed by atoms with van der Waals surface area (Å²) in [4.78, 5) is 36.5. The van der Waals surface area contributed by atoms with Crippen molar-refractivity contribution in [1.29, 1.82) is 0 Å². The van der Waals surface area contributed by atoms with Crippen molar-refractivity contribution in [3.05, 3.63) is 57.6 Å². The van der Waals surface area contributed by atoms with E-state index in [1.54, 1.807) is 23.8 Å². The van der Waals surface area contributed by atoms with Crippen molar-refractivity contribution < 1.29 is 9.90 Å². The van der Waals surface area contributed by atoms with Crippen LogP contribution in [0.5, 0.6) is 0 Å². The minimum atomic E-state index is -0.338. The van der Waals surface area contributed by atoms with Gasteiger partial charge in [-0.25, -0.2) is 4.98 Å². The second-order valence-corrected chi connectivity index (χ2v) is 7.11. The molecule has 1 amide bonds. The number of nitrogens with one attached hydrogen (secondary N) is 2. The monoisotopic (exact) mass is 384 g/mol. The number of aliphatic hydroxyl groups excluding tert-OH is 1. The van der Waals surface area contributed by atoms with Crippen molar-refractivity contribution in [2.45, 2.75) is 19.8 Å². The standard InChI is InChI=1S/C19H20N4O3S/c1-11(2)16-14(17(25)21-7-8-24)9-13(18(26)23-16)15-10-27-19(22-15)12-3-5-20-6-4-12/h3-6,9-11,24H,7-8H2,1-2H3,(H,21,25)(H,23,26). The molecular weight excluding hydrogens is 364 g/mol. The third kappa shape index (κ3) is 4.12. The Labute approximate surface area is 160 Å². The summed E-state index contributed by atoms with van der Waals surface area (Å²) in [5.74, 6) is -0.376. The zero-order valence-electron chi connectivity index (χ0n) is 15.0. The number of amides is 1. The molecule has 7 nitrogen and oxygen atoms in total. The van der Waals surface area contributed by atoms with Gasteiger partial charge in [-0.05, 0) is 24.1 Å². The number of rotatable bonds is 6. The van der Waals surface area contributed by atoms with Gasteiger partial charge in [-0.15, -0.1) is 11.3 Å². The Hall–Kier alpha value is -2.84. The summed E-state index contributed by atoms with van der Waals surface area (Å²) in [5, 5.41) is 14.1.